The molecule has 1 unspecified atom stereocenters. The van der Waals surface area contributed by atoms with Crippen LogP contribution in [0.4, 0.5) is 4.79 Å². The summed E-state index contributed by atoms with van der Waals surface area (Å²) in [4.78, 5) is 33.9. The Morgan fingerprint density at radius 3 is 2.75 bits per heavy atom. The number of amides is 1. The Kier molecular flexibility index (Phi) is 5.79. The first kappa shape index (κ1) is 20.4. The molecule has 1 atom stereocenters. The van der Waals surface area contributed by atoms with Crippen molar-refractivity contribution < 1.29 is 19.1 Å². The van der Waals surface area contributed by atoms with Crippen LogP contribution in [0.15, 0.2) is 28.9 Å². The summed E-state index contributed by atoms with van der Waals surface area (Å²) < 4.78 is 11.0. The molecule has 1 fully saturated rings. The Hall–Kier alpha value is -2.35. The monoisotopic (exact) mass is 449 g/mol. The lowest BCUT2D eigenvalue weighted by atomic mass is 10.1. The van der Waals surface area contributed by atoms with Gasteiger partial charge in [-0.3, -0.25) is 4.90 Å². The number of nitrogens with zero attached hydrogens (tertiary/aromatic N) is 2. The summed E-state index contributed by atoms with van der Waals surface area (Å²) in [5.41, 5.74) is 1.47. The third-order valence-corrected chi connectivity index (χ3v) is 5.17. The van der Waals surface area contributed by atoms with Gasteiger partial charge in [-0.2, -0.15) is 0 Å². The zero-order chi connectivity index (χ0) is 20.5. The zero-order valence-electron chi connectivity index (χ0n) is 16.4. The highest BCUT2D eigenvalue weighted by Crippen LogP contribution is 2.33. The van der Waals surface area contributed by atoms with Crippen LogP contribution in [-0.4, -0.2) is 46.2 Å². The van der Waals surface area contributed by atoms with Crippen LogP contribution in [0.3, 0.4) is 0 Å². The third kappa shape index (κ3) is 4.38. The number of ether oxygens (including phenoxy) is 2. The second-order valence-electron chi connectivity index (χ2n) is 7.70. The summed E-state index contributed by atoms with van der Waals surface area (Å²) in [6, 6.07) is 5.27. The minimum absolute atomic E-state index is 0.154. The second-order valence-corrected chi connectivity index (χ2v) is 8.55. The molecule has 150 valence electrons. The van der Waals surface area contributed by atoms with Crippen molar-refractivity contribution in [3.05, 3.63) is 40.3 Å². The SMILES string of the molecule is COC(=O)c1cc(-c2cnc(C3CCCN3C(=O)OC(C)(C)C)[nH]2)ccc1Br. The summed E-state index contributed by atoms with van der Waals surface area (Å²) in [5, 5.41) is 0. The first-order chi connectivity index (χ1) is 13.2. The molecule has 1 saturated heterocycles. The summed E-state index contributed by atoms with van der Waals surface area (Å²) in [5.74, 6) is 0.293. The van der Waals surface area contributed by atoms with Gasteiger partial charge in [0.05, 0.1) is 30.6 Å². The molecule has 0 bridgehead atoms. The molecule has 0 spiro atoms. The third-order valence-electron chi connectivity index (χ3n) is 4.47. The van der Waals surface area contributed by atoms with E-state index in [1.54, 1.807) is 23.2 Å². The van der Waals surface area contributed by atoms with E-state index in [-0.39, 0.29) is 12.1 Å². The molecular formula is C20H24BrN3O4. The maximum Gasteiger partial charge on any atom is 0.410 e. The lowest BCUT2D eigenvalue weighted by molar-refractivity contribution is 0.0218. The Balaban J connectivity index is 1.84. The molecule has 0 radical (unpaired) electrons. The summed E-state index contributed by atoms with van der Waals surface area (Å²) in [6.07, 6.45) is 3.10. The topological polar surface area (TPSA) is 84.5 Å². The molecule has 1 amide bonds. The van der Waals surface area contributed by atoms with Crippen molar-refractivity contribution >= 4 is 28.0 Å². The molecule has 1 aromatic heterocycles. The Morgan fingerprint density at radius 1 is 1.32 bits per heavy atom. The molecule has 1 aromatic carbocycles. The van der Waals surface area contributed by atoms with Crippen molar-refractivity contribution in [1.29, 1.82) is 0 Å². The van der Waals surface area contributed by atoms with Crippen LogP contribution in [0.5, 0.6) is 0 Å². The van der Waals surface area contributed by atoms with Crippen LogP contribution >= 0.6 is 15.9 Å². The number of halogens is 1. The van der Waals surface area contributed by atoms with Gasteiger partial charge in [-0.05, 0) is 61.7 Å². The first-order valence-electron chi connectivity index (χ1n) is 9.12. The average Bonchev–Trinajstić information content (AvgIpc) is 3.29. The Bertz CT molecular complexity index is 888. The van der Waals surface area contributed by atoms with E-state index in [9.17, 15) is 9.59 Å². The highest BCUT2D eigenvalue weighted by molar-refractivity contribution is 9.10. The quantitative estimate of drug-likeness (QED) is 0.686. The number of rotatable bonds is 3. The molecule has 28 heavy (non-hydrogen) atoms. The van der Waals surface area contributed by atoms with Crippen molar-refractivity contribution in [2.75, 3.05) is 13.7 Å². The van der Waals surface area contributed by atoms with Gasteiger partial charge in [-0.1, -0.05) is 6.07 Å². The molecule has 1 aliphatic rings. The van der Waals surface area contributed by atoms with Gasteiger partial charge >= 0.3 is 12.1 Å². The molecule has 8 heteroatoms. The number of H-pyrrole nitrogens is 1. The van der Waals surface area contributed by atoms with Crippen LogP contribution in [0, 0.1) is 0 Å². The fourth-order valence-corrected chi connectivity index (χ4v) is 3.61. The predicted molar refractivity (Wildman–Crippen MR) is 108 cm³/mol. The number of benzene rings is 1. The fraction of sp³-hybridized carbons (Fsp3) is 0.450. The van der Waals surface area contributed by atoms with Gasteiger partial charge in [0.25, 0.3) is 0 Å². The molecule has 7 nitrogen and oxygen atoms in total. The van der Waals surface area contributed by atoms with Crippen molar-refractivity contribution in [3.8, 4) is 11.3 Å². The van der Waals surface area contributed by atoms with E-state index in [2.05, 4.69) is 25.9 Å². The summed E-state index contributed by atoms with van der Waals surface area (Å²) in [6.45, 7) is 6.20. The highest BCUT2D eigenvalue weighted by Gasteiger charge is 2.34. The lowest BCUT2D eigenvalue weighted by Gasteiger charge is -2.27. The van der Waals surface area contributed by atoms with Crippen molar-refractivity contribution in [2.45, 2.75) is 45.3 Å². The number of aromatic amines is 1. The van der Waals surface area contributed by atoms with E-state index < -0.39 is 11.6 Å². The van der Waals surface area contributed by atoms with Gasteiger partial charge in [0.1, 0.15) is 11.4 Å². The van der Waals surface area contributed by atoms with Gasteiger partial charge < -0.3 is 14.5 Å². The largest absolute Gasteiger partial charge is 0.465 e. The number of aromatic nitrogens is 2. The first-order valence-corrected chi connectivity index (χ1v) is 9.91. The minimum atomic E-state index is -0.541. The summed E-state index contributed by atoms with van der Waals surface area (Å²) >= 11 is 3.37. The molecular weight excluding hydrogens is 426 g/mol. The van der Waals surface area contributed by atoms with E-state index in [0.29, 0.717) is 22.4 Å². The molecule has 0 aliphatic carbocycles. The molecule has 2 aromatic rings. The lowest BCUT2D eigenvalue weighted by Crippen LogP contribution is -2.36. The number of hydrogen-bond acceptors (Lipinski definition) is 5. The van der Waals surface area contributed by atoms with Gasteiger partial charge in [0.15, 0.2) is 0 Å². The normalized spacial score (nSPS) is 16.9. The second kappa shape index (κ2) is 7.95. The number of likely N-dealkylation sites (tertiary alicyclic amines) is 1. The van der Waals surface area contributed by atoms with Gasteiger partial charge in [0.2, 0.25) is 0 Å². The Morgan fingerprint density at radius 2 is 2.07 bits per heavy atom. The van der Waals surface area contributed by atoms with Crippen LogP contribution in [-0.2, 0) is 9.47 Å². The number of imidazole rings is 1. The van der Waals surface area contributed by atoms with Crippen LogP contribution in [0.2, 0.25) is 0 Å². The molecule has 0 saturated carbocycles. The minimum Gasteiger partial charge on any atom is -0.465 e. The van der Waals surface area contributed by atoms with Gasteiger partial charge in [-0.25, -0.2) is 14.6 Å². The number of methoxy groups -OCH3 is 1. The molecule has 3 rings (SSSR count). The van der Waals surface area contributed by atoms with E-state index in [1.807, 2.05) is 26.8 Å². The standard InChI is InChI=1S/C20H24BrN3O4/c1-20(2,3)28-19(26)24-9-5-6-16(24)17-22-11-15(23-17)12-7-8-14(21)13(10-12)18(25)27-4/h7-8,10-11,16H,5-6,9H2,1-4H3,(H,22,23). The van der Waals surface area contributed by atoms with Crippen LogP contribution in [0.1, 0.15) is 55.8 Å². The van der Waals surface area contributed by atoms with Crippen molar-refractivity contribution in [2.24, 2.45) is 0 Å². The molecule has 1 aliphatic heterocycles. The maximum absolute atomic E-state index is 12.5. The fourth-order valence-electron chi connectivity index (χ4n) is 3.20. The van der Waals surface area contributed by atoms with Gasteiger partial charge in [0, 0.05) is 16.6 Å². The molecule has 2 heterocycles. The summed E-state index contributed by atoms with van der Waals surface area (Å²) in [7, 11) is 1.35. The van der Waals surface area contributed by atoms with Crippen LogP contribution < -0.4 is 0 Å². The number of hydrogen-bond donors (Lipinski definition) is 1. The molecule has 1 N–H and O–H groups in total. The van der Waals surface area contributed by atoms with E-state index >= 15 is 0 Å². The zero-order valence-corrected chi connectivity index (χ0v) is 18.0. The van der Waals surface area contributed by atoms with E-state index in [1.165, 1.54) is 7.11 Å². The van der Waals surface area contributed by atoms with E-state index in [0.717, 1.165) is 24.1 Å². The smallest absolute Gasteiger partial charge is 0.410 e. The number of nitrogens with one attached hydrogen (secondary N) is 1. The number of esters is 1. The predicted octanol–water partition coefficient (Wildman–Crippen LogP) is 4.70. The highest BCUT2D eigenvalue weighted by atomic mass is 79.9. The number of carbonyl (C=O) groups excluding carboxylic acids is 2. The number of carbonyl (C=O) groups is 2. The van der Waals surface area contributed by atoms with E-state index in [4.69, 9.17) is 9.47 Å². The van der Waals surface area contributed by atoms with Crippen LogP contribution in [0.25, 0.3) is 11.3 Å². The van der Waals surface area contributed by atoms with Crippen molar-refractivity contribution in [1.82, 2.24) is 14.9 Å². The maximum atomic E-state index is 12.5. The van der Waals surface area contributed by atoms with Gasteiger partial charge in [-0.15, -0.1) is 0 Å². The Labute approximate surface area is 172 Å². The average molecular weight is 450 g/mol. The van der Waals surface area contributed by atoms with Crippen molar-refractivity contribution in [3.63, 3.8) is 0 Å².